The fraction of sp³-hybridized carbons (Fsp3) is 0.222. The number of carbonyl (C=O) groups excluding carboxylic acids is 1. The summed E-state index contributed by atoms with van der Waals surface area (Å²) >= 11 is 4.32. The first kappa shape index (κ1) is 13.8. The minimum absolute atomic E-state index is 0.409. The second-order valence-electron chi connectivity index (χ2n) is 2.99. The van der Waals surface area contributed by atoms with Gasteiger partial charge in [0.05, 0.1) is 0 Å². The summed E-state index contributed by atoms with van der Waals surface area (Å²) in [6.45, 7) is 0. The summed E-state index contributed by atoms with van der Waals surface area (Å²) in [5, 5.41) is -4.52. The largest absolute Gasteiger partial charge is 0.419 e. The molecule has 1 aromatic rings. The van der Waals surface area contributed by atoms with Gasteiger partial charge in [-0.3, -0.25) is 4.79 Å². The van der Waals surface area contributed by atoms with E-state index in [9.17, 15) is 31.1 Å². The Morgan fingerprint density at radius 1 is 1.12 bits per heavy atom. The van der Waals surface area contributed by atoms with E-state index in [0.29, 0.717) is 18.2 Å². The summed E-state index contributed by atoms with van der Waals surface area (Å²) in [5.41, 5.74) is -3.55. The van der Waals surface area contributed by atoms with E-state index in [1.807, 2.05) is 0 Å². The van der Waals surface area contributed by atoms with Gasteiger partial charge in [-0.2, -0.15) is 22.0 Å². The maximum Gasteiger partial charge on any atom is 0.419 e. The predicted octanol–water partition coefficient (Wildman–Crippen LogP) is 3.86. The van der Waals surface area contributed by atoms with E-state index in [4.69, 9.17) is 0 Å². The average Bonchev–Trinajstić information content (AvgIpc) is 2.12. The third-order valence-corrected chi connectivity index (χ3v) is 1.97. The molecule has 0 radical (unpaired) electrons. The van der Waals surface area contributed by atoms with Gasteiger partial charge in [0, 0.05) is 5.56 Å². The molecule has 94 valence electrons. The standard InChI is InChI=1S/C9H3ClF6O/c10-8(12,13)7(17)4-2-1-3-5(11)6(4)9(14,15)16/h1-3H. The monoisotopic (exact) mass is 276 g/mol. The summed E-state index contributed by atoms with van der Waals surface area (Å²) in [6.07, 6.45) is -5.27. The van der Waals surface area contributed by atoms with Crippen LogP contribution in [0.3, 0.4) is 0 Å². The summed E-state index contributed by atoms with van der Waals surface area (Å²) in [6, 6.07) is 1.55. The first-order valence-electron chi connectivity index (χ1n) is 4.02. The maximum atomic E-state index is 12.9. The highest BCUT2D eigenvalue weighted by atomic mass is 35.5. The van der Waals surface area contributed by atoms with Gasteiger partial charge in [-0.15, -0.1) is 0 Å². The molecule has 0 unspecified atom stereocenters. The Labute approximate surface area is 96.0 Å². The van der Waals surface area contributed by atoms with E-state index in [0.717, 1.165) is 0 Å². The van der Waals surface area contributed by atoms with E-state index < -0.39 is 34.3 Å². The zero-order valence-electron chi connectivity index (χ0n) is 7.79. The van der Waals surface area contributed by atoms with Gasteiger partial charge in [0.15, 0.2) is 0 Å². The number of hydrogen-bond donors (Lipinski definition) is 0. The van der Waals surface area contributed by atoms with Crippen LogP contribution in [0.5, 0.6) is 0 Å². The molecule has 0 bridgehead atoms. The molecule has 17 heavy (non-hydrogen) atoms. The minimum Gasteiger partial charge on any atom is -0.286 e. The number of alkyl halides is 6. The second kappa shape index (κ2) is 4.21. The molecule has 0 spiro atoms. The number of ketones is 1. The molecule has 1 nitrogen and oxygen atoms in total. The highest BCUT2D eigenvalue weighted by molar-refractivity contribution is 6.35. The number of carbonyl (C=O) groups is 1. The van der Waals surface area contributed by atoms with Crippen molar-refractivity contribution in [3.8, 4) is 0 Å². The van der Waals surface area contributed by atoms with Crippen LogP contribution in [0.4, 0.5) is 26.3 Å². The molecule has 0 heterocycles. The van der Waals surface area contributed by atoms with Gasteiger partial charge < -0.3 is 0 Å². The Morgan fingerprint density at radius 2 is 1.65 bits per heavy atom. The van der Waals surface area contributed by atoms with Gasteiger partial charge >= 0.3 is 11.6 Å². The molecule has 0 aliphatic rings. The lowest BCUT2D eigenvalue weighted by atomic mass is 10.0. The molecular weight excluding hydrogens is 274 g/mol. The SMILES string of the molecule is O=C(c1cccc(F)c1C(F)(F)F)C(F)(F)Cl. The van der Waals surface area contributed by atoms with Crippen LogP contribution in [0.15, 0.2) is 18.2 Å². The van der Waals surface area contributed by atoms with E-state index in [1.165, 1.54) is 0 Å². The lowest BCUT2D eigenvalue weighted by Gasteiger charge is -2.14. The predicted molar refractivity (Wildman–Crippen MR) is 46.5 cm³/mol. The first-order chi connectivity index (χ1) is 7.55. The van der Waals surface area contributed by atoms with Gasteiger partial charge in [-0.05, 0) is 17.7 Å². The van der Waals surface area contributed by atoms with Crippen LogP contribution >= 0.6 is 11.6 Å². The third-order valence-electron chi connectivity index (χ3n) is 1.80. The van der Waals surface area contributed by atoms with Crippen molar-refractivity contribution in [2.24, 2.45) is 0 Å². The summed E-state index contributed by atoms with van der Waals surface area (Å²) in [5.74, 6) is -4.12. The van der Waals surface area contributed by atoms with Crippen LogP contribution in [0.25, 0.3) is 0 Å². The van der Waals surface area contributed by atoms with Crippen molar-refractivity contribution in [2.45, 2.75) is 11.6 Å². The van der Waals surface area contributed by atoms with Crippen molar-refractivity contribution in [1.29, 1.82) is 0 Å². The number of benzene rings is 1. The van der Waals surface area contributed by atoms with Crippen molar-refractivity contribution in [1.82, 2.24) is 0 Å². The van der Waals surface area contributed by atoms with E-state index in [2.05, 4.69) is 11.6 Å². The van der Waals surface area contributed by atoms with Crippen LogP contribution in [0, 0.1) is 5.82 Å². The van der Waals surface area contributed by atoms with Crippen molar-refractivity contribution in [2.75, 3.05) is 0 Å². The van der Waals surface area contributed by atoms with Crippen LogP contribution in [0.2, 0.25) is 0 Å². The molecular formula is C9H3ClF6O. The zero-order valence-corrected chi connectivity index (χ0v) is 8.54. The van der Waals surface area contributed by atoms with E-state index in [-0.39, 0.29) is 0 Å². The molecule has 1 rings (SSSR count). The van der Waals surface area contributed by atoms with Gasteiger partial charge in [-0.1, -0.05) is 12.1 Å². The highest BCUT2D eigenvalue weighted by Crippen LogP contribution is 2.36. The van der Waals surface area contributed by atoms with E-state index in [1.54, 1.807) is 0 Å². The number of hydrogen-bond acceptors (Lipinski definition) is 1. The van der Waals surface area contributed by atoms with Crippen LogP contribution in [-0.2, 0) is 6.18 Å². The van der Waals surface area contributed by atoms with Crippen molar-refractivity contribution >= 4 is 17.4 Å². The van der Waals surface area contributed by atoms with Crippen molar-refractivity contribution in [3.05, 3.63) is 35.1 Å². The highest BCUT2D eigenvalue weighted by Gasteiger charge is 2.44. The Hall–Kier alpha value is -1.24. The minimum atomic E-state index is -5.27. The van der Waals surface area contributed by atoms with Gasteiger partial charge in [0.25, 0.3) is 0 Å². The Bertz CT molecular complexity index is 448. The molecule has 0 aliphatic heterocycles. The fourth-order valence-electron chi connectivity index (χ4n) is 1.15. The van der Waals surface area contributed by atoms with Gasteiger partial charge in [0.1, 0.15) is 11.4 Å². The second-order valence-corrected chi connectivity index (χ2v) is 3.46. The topological polar surface area (TPSA) is 17.1 Å². The third kappa shape index (κ3) is 2.91. The molecule has 0 fully saturated rings. The summed E-state index contributed by atoms with van der Waals surface area (Å²) < 4.78 is 74.9. The average molecular weight is 277 g/mol. The fourth-order valence-corrected chi connectivity index (χ4v) is 1.26. The normalized spacial score (nSPS) is 12.6. The molecule has 0 aliphatic carbocycles. The van der Waals surface area contributed by atoms with Crippen LogP contribution in [-0.4, -0.2) is 11.2 Å². The smallest absolute Gasteiger partial charge is 0.286 e. The zero-order chi connectivity index (χ0) is 13.4. The molecule has 0 aromatic heterocycles. The van der Waals surface area contributed by atoms with Crippen molar-refractivity contribution in [3.63, 3.8) is 0 Å². The Morgan fingerprint density at radius 3 is 2.06 bits per heavy atom. The summed E-state index contributed by atoms with van der Waals surface area (Å²) in [4.78, 5) is 10.9. The molecule has 8 heteroatoms. The Kier molecular flexibility index (Phi) is 3.42. The number of halogens is 7. The maximum absolute atomic E-state index is 12.9. The first-order valence-corrected chi connectivity index (χ1v) is 4.40. The molecule has 0 N–H and O–H groups in total. The lowest BCUT2D eigenvalue weighted by molar-refractivity contribution is -0.140. The van der Waals surface area contributed by atoms with E-state index >= 15 is 0 Å². The molecule has 0 amide bonds. The van der Waals surface area contributed by atoms with Crippen molar-refractivity contribution < 1.29 is 31.1 Å². The number of Topliss-reactive ketones (excluding diaryl/α,β-unsaturated/α-hetero) is 1. The van der Waals surface area contributed by atoms with Crippen LogP contribution < -0.4 is 0 Å². The molecule has 1 aromatic carbocycles. The molecule has 0 saturated carbocycles. The Balaban J connectivity index is 3.46. The lowest BCUT2D eigenvalue weighted by Crippen LogP contribution is -2.25. The quantitative estimate of drug-likeness (QED) is 0.455. The molecule has 0 saturated heterocycles. The van der Waals surface area contributed by atoms with Gasteiger partial charge in [-0.25, -0.2) is 4.39 Å². The molecule has 0 atom stereocenters. The summed E-state index contributed by atoms with van der Waals surface area (Å²) in [7, 11) is 0. The van der Waals surface area contributed by atoms with Gasteiger partial charge in [0.2, 0.25) is 5.78 Å². The number of rotatable bonds is 2. The van der Waals surface area contributed by atoms with Crippen LogP contribution in [0.1, 0.15) is 15.9 Å².